The van der Waals surface area contributed by atoms with Gasteiger partial charge in [-0.15, -0.1) is 0 Å². The molecule has 1 saturated heterocycles. The van der Waals surface area contributed by atoms with Crippen molar-refractivity contribution >= 4 is 11.8 Å². The van der Waals surface area contributed by atoms with Crippen LogP contribution in [0.2, 0.25) is 0 Å². The summed E-state index contributed by atoms with van der Waals surface area (Å²) in [5.74, 6) is 0.452. The number of carbonyl (C=O) groups excluding carboxylic acids is 2. The Morgan fingerprint density at radius 2 is 1.56 bits per heavy atom. The van der Waals surface area contributed by atoms with Crippen LogP contribution in [0.15, 0.2) is 42.7 Å². The van der Waals surface area contributed by atoms with E-state index >= 15 is 0 Å². The number of hydrogen-bond acceptors (Lipinski definition) is 3. The molecule has 1 aromatic carbocycles. The summed E-state index contributed by atoms with van der Waals surface area (Å²) in [6.45, 7) is 8.69. The molecular weight excluding hydrogens is 338 g/mol. The van der Waals surface area contributed by atoms with E-state index in [1.807, 2.05) is 28.9 Å². The van der Waals surface area contributed by atoms with Gasteiger partial charge in [-0.25, -0.2) is 0 Å². The largest absolute Gasteiger partial charge is 0.337 e. The van der Waals surface area contributed by atoms with E-state index in [-0.39, 0.29) is 11.8 Å². The molecule has 0 unspecified atom stereocenters. The van der Waals surface area contributed by atoms with Gasteiger partial charge in [-0.05, 0) is 48.6 Å². The molecule has 27 heavy (non-hydrogen) atoms. The average molecular weight is 365 g/mol. The normalized spacial score (nSPS) is 15.0. The molecule has 0 radical (unpaired) electrons. The highest BCUT2D eigenvalue weighted by molar-refractivity contribution is 5.96. The topological polar surface area (TPSA) is 53.5 Å². The van der Waals surface area contributed by atoms with Crippen molar-refractivity contribution in [1.82, 2.24) is 14.8 Å². The molecule has 0 atom stereocenters. The zero-order chi connectivity index (χ0) is 19.4. The molecule has 5 nitrogen and oxygen atoms in total. The Labute approximate surface area is 161 Å². The van der Waals surface area contributed by atoms with E-state index in [0.29, 0.717) is 37.7 Å². The van der Waals surface area contributed by atoms with Gasteiger partial charge >= 0.3 is 0 Å². The Kier molecular flexibility index (Phi) is 5.89. The van der Waals surface area contributed by atoms with Gasteiger partial charge in [0.25, 0.3) is 11.8 Å². The quantitative estimate of drug-likeness (QED) is 0.836. The molecule has 0 bridgehead atoms. The molecule has 3 rings (SSSR count). The van der Waals surface area contributed by atoms with Crippen LogP contribution >= 0.6 is 0 Å². The molecule has 1 aliphatic rings. The summed E-state index contributed by atoms with van der Waals surface area (Å²) in [6.07, 6.45) is 4.04. The van der Waals surface area contributed by atoms with Crippen LogP contribution in [-0.2, 0) is 0 Å². The van der Waals surface area contributed by atoms with E-state index in [9.17, 15) is 9.59 Å². The maximum absolute atomic E-state index is 13.1. The molecule has 1 fully saturated rings. The van der Waals surface area contributed by atoms with Gasteiger partial charge in [0.15, 0.2) is 0 Å². The molecule has 5 heteroatoms. The van der Waals surface area contributed by atoms with Crippen molar-refractivity contribution in [1.29, 1.82) is 0 Å². The maximum Gasteiger partial charge on any atom is 0.254 e. The number of benzene rings is 1. The Hall–Kier alpha value is -2.69. The van der Waals surface area contributed by atoms with Crippen molar-refractivity contribution in [3.63, 3.8) is 0 Å². The lowest BCUT2D eigenvalue weighted by atomic mass is 9.97. The summed E-state index contributed by atoms with van der Waals surface area (Å²) in [5.41, 5.74) is 3.59. The SMILES string of the molecule is Cc1ccc(C(C)C)cc1C(=O)N1CCCN(C(=O)c2ccncc2)CC1. The second kappa shape index (κ2) is 8.33. The fourth-order valence-electron chi connectivity index (χ4n) is 3.40. The third-order valence-corrected chi connectivity index (χ3v) is 5.16. The van der Waals surface area contributed by atoms with Crippen LogP contribution in [0.1, 0.15) is 58.0 Å². The molecule has 0 saturated carbocycles. The number of rotatable bonds is 3. The maximum atomic E-state index is 13.1. The predicted octanol–water partition coefficient (Wildman–Crippen LogP) is 3.50. The molecule has 1 aliphatic heterocycles. The molecule has 2 heterocycles. The minimum absolute atomic E-state index is 0.00434. The molecular formula is C22H27N3O2. The first-order valence-electron chi connectivity index (χ1n) is 9.56. The minimum atomic E-state index is 0.00434. The lowest BCUT2D eigenvalue weighted by Gasteiger charge is -2.23. The van der Waals surface area contributed by atoms with Gasteiger partial charge in [-0.2, -0.15) is 0 Å². The molecule has 2 amide bonds. The highest BCUT2D eigenvalue weighted by Gasteiger charge is 2.24. The van der Waals surface area contributed by atoms with Crippen molar-refractivity contribution in [3.05, 3.63) is 65.0 Å². The van der Waals surface area contributed by atoms with Gasteiger partial charge in [-0.3, -0.25) is 14.6 Å². The van der Waals surface area contributed by atoms with Gasteiger partial charge in [0.1, 0.15) is 0 Å². The van der Waals surface area contributed by atoms with Gasteiger partial charge < -0.3 is 9.80 Å². The summed E-state index contributed by atoms with van der Waals surface area (Å²) in [7, 11) is 0. The van der Waals surface area contributed by atoms with Crippen LogP contribution < -0.4 is 0 Å². The van der Waals surface area contributed by atoms with Gasteiger partial charge in [-0.1, -0.05) is 26.0 Å². The fraction of sp³-hybridized carbons (Fsp3) is 0.409. The monoisotopic (exact) mass is 365 g/mol. The average Bonchev–Trinajstić information content (AvgIpc) is 2.94. The van der Waals surface area contributed by atoms with Crippen LogP contribution in [0.4, 0.5) is 0 Å². The number of amides is 2. The number of aromatic nitrogens is 1. The smallest absolute Gasteiger partial charge is 0.254 e. The van der Waals surface area contributed by atoms with Crippen molar-refractivity contribution in [2.75, 3.05) is 26.2 Å². The first-order valence-corrected chi connectivity index (χ1v) is 9.56. The predicted molar refractivity (Wildman–Crippen MR) is 106 cm³/mol. The lowest BCUT2D eigenvalue weighted by molar-refractivity contribution is 0.0718. The molecule has 2 aromatic rings. The van der Waals surface area contributed by atoms with E-state index < -0.39 is 0 Å². The third kappa shape index (κ3) is 4.35. The second-order valence-electron chi connectivity index (χ2n) is 7.40. The minimum Gasteiger partial charge on any atom is -0.337 e. The van der Waals surface area contributed by atoms with E-state index in [4.69, 9.17) is 0 Å². The van der Waals surface area contributed by atoms with E-state index in [0.717, 1.165) is 17.5 Å². The van der Waals surface area contributed by atoms with Gasteiger partial charge in [0.2, 0.25) is 0 Å². The van der Waals surface area contributed by atoms with Gasteiger partial charge in [0, 0.05) is 49.7 Å². The number of hydrogen-bond donors (Lipinski definition) is 0. The Bertz CT molecular complexity index is 818. The number of pyridine rings is 1. The van der Waals surface area contributed by atoms with Crippen molar-refractivity contribution in [2.45, 2.75) is 33.1 Å². The first-order chi connectivity index (χ1) is 13.0. The standard InChI is InChI=1S/C22H27N3O2/c1-16(2)19-6-5-17(3)20(15-19)22(27)25-12-4-11-24(13-14-25)21(26)18-7-9-23-10-8-18/h5-10,15-16H,4,11-14H2,1-3H3. The summed E-state index contributed by atoms with van der Waals surface area (Å²) >= 11 is 0. The van der Waals surface area contributed by atoms with Crippen molar-refractivity contribution < 1.29 is 9.59 Å². The summed E-state index contributed by atoms with van der Waals surface area (Å²) in [6, 6.07) is 9.61. The van der Waals surface area contributed by atoms with Crippen molar-refractivity contribution in [2.24, 2.45) is 0 Å². The molecule has 0 spiro atoms. The van der Waals surface area contributed by atoms with E-state index in [2.05, 4.69) is 24.9 Å². The lowest BCUT2D eigenvalue weighted by Crippen LogP contribution is -2.37. The number of carbonyl (C=O) groups is 2. The second-order valence-corrected chi connectivity index (χ2v) is 7.40. The third-order valence-electron chi connectivity index (χ3n) is 5.16. The van der Waals surface area contributed by atoms with Crippen LogP contribution in [0.3, 0.4) is 0 Å². The Balaban J connectivity index is 1.72. The van der Waals surface area contributed by atoms with E-state index in [1.165, 1.54) is 5.56 Å². The van der Waals surface area contributed by atoms with Gasteiger partial charge in [0.05, 0.1) is 0 Å². The van der Waals surface area contributed by atoms with Crippen LogP contribution in [0.5, 0.6) is 0 Å². The van der Waals surface area contributed by atoms with Crippen LogP contribution in [0.25, 0.3) is 0 Å². The molecule has 0 aliphatic carbocycles. The summed E-state index contributed by atoms with van der Waals surface area (Å²) < 4.78 is 0. The molecule has 1 aromatic heterocycles. The zero-order valence-corrected chi connectivity index (χ0v) is 16.3. The molecule has 142 valence electrons. The first kappa shape index (κ1) is 19.1. The van der Waals surface area contributed by atoms with Crippen molar-refractivity contribution in [3.8, 4) is 0 Å². The van der Waals surface area contributed by atoms with Crippen LogP contribution in [0, 0.1) is 6.92 Å². The summed E-state index contributed by atoms with van der Waals surface area (Å²) in [5, 5.41) is 0. The summed E-state index contributed by atoms with van der Waals surface area (Å²) in [4.78, 5) is 33.5. The fourth-order valence-corrected chi connectivity index (χ4v) is 3.40. The number of aryl methyl sites for hydroxylation is 1. The highest BCUT2D eigenvalue weighted by atomic mass is 16.2. The Morgan fingerprint density at radius 3 is 2.19 bits per heavy atom. The highest BCUT2D eigenvalue weighted by Crippen LogP contribution is 2.21. The van der Waals surface area contributed by atoms with Crippen LogP contribution in [-0.4, -0.2) is 52.8 Å². The molecule has 0 N–H and O–H groups in total. The van der Waals surface area contributed by atoms with E-state index in [1.54, 1.807) is 24.5 Å². The zero-order valence-electron chi connectivity index (χ0n) is 16.3. The Morgan fingerprint density at radius 1 is 0.926 bits per heavy atom. The number of nitrogens with zero attached hydrogens (tertiary/aromatic N) is 3.